The maximum absolute atomic E-state index is 12.6. The van der Waals surface area contributed by atoms with Gasteiger partial charge in [0, 0.05) is 5.69 Å². The minimum atomic E-state index is -1.15. The summed E-state index contributed by atoms with van der Waals surface area (Å²) in [5, 5.41) is 19.6. The van der Waals surface area contributed by atoms with Gasteiger partial charge in [0.25, 0.3) is 11.1 Å². The molecule has 2 aromatic carbocycles. The predicted molar refractivity (Wildman–Crippen MR) is 97.8 cm³/mol. The molecule has 0 saturated carbocycles. The van der Waals surface area contributed by atoms with Crippen molar-refractivity contribution in [3.05, 3.63) is 65.2 Å². The van der Waals surface area contributed by atoms with Crippen molar-refractivity contribution in [3.63, 3.8) is 0 Å². The number of anilines is 1. The normalized spacial score (nSPS) is 16.4. The van der Waals surface area contributed by atoms with E-state index in [-0.39, 0.29) is 23.4 Å². The maximum atomic E-state index is 12.6. The summed E-state index contributed by atoms with van der Waals surface area (Å²) in [4.78, 5) is 48.1. The molecule has 1 saturated heterocycles. The molecule has 0 radical (unpaired) electrons. The van der Waals surface area contributed by atoms with Crippen molar-refractivity contribution in [2.75, 3.05) is 5.32 Å². The van der Waals surface area contributed by atoms with Gasteiger partial charge >= 0.3 is 11.9 Å². The molecule has 8 nitrogen and oxygen atoms in total. The number of aromatic carboxylic acids is 2. The zero-order chi connectivity index (χ0) is 19.6. The molecular formula is C18H14N2O6S. The average Bonchev–Trinajstić information content (AvgIpc) is 2.89. The highest BCUT2D eigenvalue weighted by atomic mass is 32.2. The number of carboxylic acids is 2. The Labute approximate surface area is 157 Å². The largest absolute Gasteiger partial charge is 0.478 e. The van der Waals surface area contributed by atoms with Crippen LogP contribution in [0.1, 0.15) is 26.3 Å². The predicted octanol–water partition coefficient (Wildman–Crippen LogP) is 2.72. The number of rotatable bonds is 6. The van der Waals surface area contributed by atoms with Gasteiger partial charge in [-0.1, -0.05) is 24.3 Å². The lowest BCUT2D eigenvalue weighted by atomic mass is 10.1. The number of imide groups is 1. The molecule has 1 fully saturated rings. The third kappa shape index (κ3) is 3.93. The van der Waals surface area contributed by atoms with Gasteiger partial charge in [0.1, 0.15) is 0 Å². The van der Waals surface area contributed by atoms with E-state index in [0.717, 1.165) is 16.7 Å². The Morgan fingerprint density at radius 1 is 1.04 bits per heavy atom. The van der Waals surface area contributed by atoms with E-state index in [9.17, 15) is 24.3 Å². The fourth-order valence-electron chi connectivity index (χ4n) is 2.60. The van der Waals surface area contributed by atoms with Gasteiger partial charge in [0.2, 0.25) is 0 Å². The molecule has 0 spiro atoms. The third-order valence-electron chi connectivity index (χ3n) is 3.89. The van der Waals surface area contributed by atoms with Crippen molar-refractivity contribution in [1.29, 1.82) is 0 Å². The summed E-state index contributed by atoms with van der Waals surface area (Å²) < 4.78 is 0. The highest BCUT2D eigenvalue weighted by Gasteiger charge is 2.40. The van der Waals surface area contributed by atoms with E-state index in [4.69, 9.17) is 5.11 Å². The molecule has 0 aromatic heterocycles. The van der Waals surface area contributed by atoms with Crippen LogP contribution in [0.15, 0.2) is 48.5 Å². The summed E-state index contributed by atoms with van der Waals surface area (Å²) in [6, 6.07) is 12.1. The molecule has 0 aliphatic carbocycles. The van der Waals surface area contributed by atoms with Crippen LogP contribution >= 0.6 is 11.8 Å². The highest BCUT2D eigenvalue weighted by Crippen LogP contribution is 2.30. The van der Waals surface area contributed by atoms with Crippen LogP contribution in [0.5, 0.6) is 0 Å². The Bertz CT molecular complexity index is 945. The fraction of sp³-hybridized carbons (Fsp3) is 0.111. The SMILES string of the molecule is O=C(O)c1cccc(CN2C(=O)S[C@H](Nc3ccccc3C(=O)O)C2=O)c1. The number of benzene rings is 2. The Morgan fingerprint density at radius 3 is 2.48 bits per heavy atom. The molecular weight excluding hydrogens is 372 g/mol. The van der Waals surface area contributed by atoms with E-state index in [0.29, 0.717) is 5.56 Å². The van der Waals surface area contributed by atoms with Gasteiger partial charge in [-0.3, -0.25) is 14.5 Å². The van der Waals surface area contributed by atoms with Gasteiger partial charge in [-0.15, -0.1) is 0 Å². The number of nitrogens with zero attached hydrogens (tertiary/aromatic N) is 1. The quantitative estimate of drug-likeness (QED) is 0.692. The number of carbonyl (C=O) groups excluding carboxylic acids is 2. The van der Waals surface area contributed by atoms with Gasteiger partial charge in [-0.2, -0.15) is 0 Å². The molecule has 3 N–H and O–H groups in total. The van der Waals surface area contributed by atoms with Crippen LogP contribution in [0.3, 0.4) is 0 Å². The van der Waals surface area contributed by atoms with Crippen molar-refractivity contribution in [2.24, 2.45) is 0 Å². The van der Waals surface area contributed by atoms with Gasteiger partial charge in [0.05, 0.1) is 17.7 Å². The minimum absolute atomic E-state index is 0.00837. The second-order valence-electron chi connectivity index (χ2n) is 5.69. The van der Waals surface area contributed by atoms with Crippen molar-refractivity contribution < 1.29 is 29.4 Å². The molecule has 3 rings (SSSR count). The van der Waals surface area contributed by atoms with Gasteiger partial charge in [0.15, 0.2) is 5.37 Å². The standard InChI is InChI=1S/C18H14N2O6S/c21-15-14(19-13-7-2-1-6-12(13)17(24)25)27-18(26)20(15)9-10-4-3-5-11(8-10)16(22)23/h1-8,14,19H,9H2,(H,22,23)(H,24,25)/t14-/m0/s1. The first-order valence-electron chi connectivity index (χ1n) is 7.80. The van der Waals surface area contributed by atoms with Crippen LogP contribution < -0.4 is 5.32 Å². The number of thioether (sulfide) groups is 1. The summed E-state index contributed by atoms with van der Waals surface area (Å²) >= 11 is 0.744. The molecule has 0 unspecified atom stereocenters. The zero-order valence-electron chi connectivity index (χ0n) is 13.8. The molecule has 1 atom stereocenters. The molecule has 27 heavy (non-hydrogen) atoms. The smallest absolute Gasteiger partial charge is 0.337 e. The number of para-hydroxylation sites is 1. The highest BCUT2D eigenvalue weighted by molar-refractivity contribution is 8.15. The first kappa shape index (κ1) is 18.5. The second-order valence-corrected chi connectivity index (χ2v) is 6.75. The van der Waals surface area contributed by atoms with Crippen LogP contribution in [0.25, 0.3) is 0 Å². The number of hydrogen-bond donors (Lipinski definition) is 3. The van der Waals surface area contributed by atoms with Gasteiger partial charge in [-0.05, 0) is 41.6 Å². The Balaban J connectivity index is 1.77. The minimum Gasteiger partial charge on any atom is -0.478 e. The van der Waals surface area contributed by atoms with Crippen LogP contribution in [-0.2, 0) is 11.3 Å². The van der Waals surface area contributed by atoms with Crippen LogP contribution in [0, 0.1) is 0 Å². The van der Waals surface area contributed by atoms with Crippen LogP contribution in [0.2, 0.25) is 0 Å². The van der Waals surface area contributed by atoms with Crippen molar-refractivity contribution >= 4 is 40.5 Å². The Kier molecular flexibility index (Phi) is 5.13. The summed E-state index contributed by atoms with van der Waals surface area (Å²) in [7, 11) is 0. The van der Waals surface area contributed by atoms with Crippen molar-refractivity contribution in [1.82, 2.24) is 4.90 Å². The summed E-state index contributed by atoms with van der Waals surface area (Å²) in [6.07, 6.45) is 0. The molecule has 1 aliphatic rings. The molecule has 1 heterocycles. The Hall–Kier alpha value is -3.33. The van der Waals surface area contributed by atoms with E-state index in [1.165, 1.54) is 30.3 Å². The lowest BCUT2D eigenvalue weighted by Gasteiger charge is -2.16. The van der Waals surface area contributed by atoms with E-state index >= 15 is 0 Å². The number of hydrogen-bond acceptors (Lipinski definition) is 6. The van der Waals surface area contributed by atoms with E-state index < -0.39 is 28.5 Å². The first-order valence-corrected chi connectivity index (χ1v) is 8.68. The van der Waals surface area contributed by atoms with E-state index in [1.807, 2.05) is 0 Å². The van der Waals surface area contributed by atoms with E-state index in [1.54, 1.807) is 18.2 Å². The molecule has 9 heteroatoms. The van der Waals surface area contributed by atoms with Crippen LogP contribution in [-0.4, -0.2) is 43.6 Å². The fourth-order valence-corrected chi connectivity index (χ4v) is 3.50. The lowest BCUT2D eigenvalue weighted by Crippen LogP contribution is -2.34. The zero-order valence-corrected chi connectivity index (χ0v) is 14.6. The van der Waals surface area contributed by atoms with Crippen molar-refractivity contribution in [3.8, 4) is 0 Å². The summed E-state index contributed by atoms with van der Waals surface area (Å²) in [6.45, 7) is -0.0649. The topological polar surface area (TPSA) is 124 Å². The average molecular weight is 386 g/mol. The molecule has 1 aliphatic heterocycles. The molecule has 0 bridgehead atoms. The second kappa shape index (κ2) is 7.50. The number of carboxylic acid groups (broad SMARTS) is 2. The summed E-state index contributed by atoms with van der Waals surface area (Å²) in [5.74, 6) is -2.77. The summed E-state index contributed by atoms with van der Waals surface area (Å²) in [5.41, 5.74) is 0.789. The lowest BCUT2D eigenvalue weighted by molar-refractivity contribution is -0.126. The maximum Gasteiger partial charge on any atom is 0.337 e. The molecule has 2 amide bonds. The monoisotopic (exact) mass is 386 g/mol. The number of carbonyl (C=O) groups is 4. The van der Waals surface area contributed by atoms with E-state index in [2.05, 4.69) is 5.32 Å². The number of nitrogens with one attached hydrogen (secondary N) is 1. The Morgan fingerprint density at radius 2 is 1.78 bits per heavy atom. The van der Waals surface area contributed by atoms with Crippen molar-refractivity contribution in [2.45, 2.75) is 11.9 Å². The molecule has 138 valence electrons. The van der Waals surface area contributed by atoms with Gasteiger partial charge < -0.3 is 15.5 Å². The first-order chi connectivity index (χ1) is 12.9. The van der Waals surface area contributed by atoms with Crippen LogP contribution in [0.4, 0.5) is 10.5 Å². The van der Waals surface area contributed by atoms with Gasteiger partial charge in [-0.25, -0.2) is 9.59 Å². The molecule has 2 aromatic rings. The number of amides is 2. The third-order valence-corrected chi connectivity index (χ3v) is 4.87.